The molecule has 7 nitrogen and oxygen atoms in total. The first kappa shape index (κ1) is 27.9. The molecule has 2 aromatic carbocycles. The van der Waals surface area contributed by atoms with Crippen LogP contribution in [0.3, 0.4) is 0 Å². The number of hydrogen-bond donors (Lipinski definition) is 1. The summed E-state index contributed by atoms with van der Waals surface area (Å²) in [5.41, 5.74) is 1.25. The van der Waals surface area contributed by atoms with Gasteiger partial charge in [0.05, 0.1) is 11.9 Å². The fourth-order valence-corrected chi connectivity index (χ4v) is 5.63. The summed E-state index contributed by atoms with van der Waals surface area (Å²) in [6.45, 7) is 1.50. The third-order valence-electron chi connectivity index (χ3n) is 6.18. The molecular weight excluding hydrogens is 645 g/mol. The minimum Gasteiger partial charge on any atom is -0.352 e. The van der Waals surface area contributed by atoms with Crippen LogP contribution in [0.1, 0.15) is 44.6 Å². The van der Waals surface area contributed by atoms with Crippen molar-refractivity contribution >= 4 is 66.0 Å². The van der Waals surface area contributed by atoms with Crippen molar-refractivity contribution in [2.24, 2.45) is 0 Å². The molecule has 1 saturated carbocycles. The largest absolute Gasteiger partial charge is 0.352 e. The van der Waals surface area contributed by atoms with Gasteiger partial charge in [-0.3, -0.25) is 13.9 Å². The number of halogens is 2. The van der Waals surface area contributed by atoms with Gasteiger partial charge in [0.15, 0.2) is 0 Å². The topological polar surface area (TPSA) is 86.8 Å². The first-order valence-corrected chi connectivity index (χ1v) is 15.3. The summed E-state index contributed by atoms with van der Waals surface area (Å²) >= 11 is 5.55. The van der Waals surface area contributed by atoms with E-state index in [2.05, 4.69) is 43.8 Å². The molecule has 1 aliphatic rings. The number of carbonyl (C=O) groups is 2. The molecule has 1 aliphatic carbocycles. The van der Waals surface area contributed by atoms with Gasteiger partial charge in [0.1, 0.15) is 12.6 Å². The Balaban J connectivity index is 1.85. The van der Waals surface area contributed by atoms with Crippen LogP contribution in [-0.4, -0.2) is 50.0 Å². The molecule has 0 radical (unpaired) electrons. The predicted octanol–water partition coefficient (Wildman–Crippen LogP) is 4.69. The molecule has 35 heavy (non-hydrogen) atoms. The van der Waals surface area contributed by atoms with E-state index >= 15 is 0 Å². The van der Waals surface area contributed by atoms with Crippen molar-refractivity contribution in [3.63, 3.8) is 0 Å². The third kappa shape index (κ3) is 8.18. The SMILES string of the molecule is C[C@H](C(=O)NC1CCCCC1)N(Cc1ccc(Br)cc1)C(=O)CN(c1ccc(I)cc1)S(C)(=O)=O. The first-order chi connectivity index (χ1) is 16.5. The van der Waals surface area contributed by atoms with Gasteiger partial charge in [0.2, 0.25) is 21.8 Å². The quantitative estimate of drug-likeness (QED) is 0.391. The van der Waals surface area contributed by atoms with Gasteiger partial charge < -0.3 is 10.2 Å². The second-order valence-electron chi connectivity index (χ2n) is 8.91. The zero-order chi connectivity index (χ0) is 25.6. The Morgan fingerprint density at radius 1 is 1.06 bits per heavy atom. The normalized spacial score (nSPS) is 15.3. The van der Waals surface area contributed by atoms with Gasteiger partial charge in [0, 0.05) is 20.6 Å². The van der Waals surface area contributed by atoms with E-state index in [4.69, 9.17) is 0 Å². The fraction of sp³-hybridized carbons (Fsp3) is 0.440. The molecule has 1 atom stereocenters. The van der Waals surface area contributed by atoms with Crippen LogP contribution in [0.5, 0.6) is 0 Å². The van der Waals surface area contributed by atoms with Gasteiger partial charge in [-0.15, -0.1) is 0 Å². The molecule has 1 N–H and O–H groups in total. The number of nitrogens with one attached hydrogen (secondary N) is 1. The molecule has 1 fully saturated rings. The highest BCUT2D eigenvalue weighted by molar-refractivity contribution is 14.1. The third-order valence-corrected chi connectivity index (χ3v) is 8.57. The van der Waals surface area contributed by atoms with Crippen LogP contribution in [0.4, 0.5) is 5.69 Å². The maximum atomic E-state index is 13.6. The molecule has 0 spiro atoms. The van der Waals surface area contributed by atoms with Gasteiger partial charge >= 0.3 is 0 Å². The Morgan fingerprint density at radius 3 is 2.23 bits per heavy atom. The van der Waals surface area contributed by atoms with Crippen LogP contribution in [0.2, 0.25) is 0 Å². The zero-order valence-corrected chi connectivity index (χ0v) is 24.5. The van der Waals surface area contributed by atoms with Gasteiger partial charge in [-0.2, -0.15) is 0 Å². The molecule has 190 valence electrons. The van der Waals surface area contributed by atoms with E-state index in [1.165, 1.54) is 11.3 Å². The Morgan fingerprint density at radius 2 is 1.66 bits per heavy atom. The first-order valence-electron chi connectivity index (χ1n) is 11.6. The van der Waals surface area contributed by atoms with Crippen molar-refractivity contribution in [1.29, 1.82) is 0 Å². The van der Waals surface area contributed by atoms with E-state index in [1.54, 1.807) is 31.2 Å². The summed E-state index contributed by atoms with van der Waals surface area (Å²) in [6, 6.07) is 13.8. The Bertz CT molecular complexity index is 1120. The Kier molecular flexibility index (Phi) is 10.00. The maximum Gasteiger partial charge on any atom is 0.244 e. The molecule has 0 bridgehead atoms. The van der Waals surface area contributed by atoms with E-state index in [9.17, 15) is 18.0 Å². The van der Waals surface area contributed by atoms with Crippen LogP contribution in [0.25, 0.3) is 0 Å². The lowest BCUT2D eigenvalue weighted by molar-refractivity contribution is -0.139. The molecule has 0 aliphatic heterocycles. The van der Waals surface area contributed by atoms with Crippen molar-refractivity contribution in [2.75, 3.05) is 17.1 Å². The highest BCUT2D eigenvalue weighted by Crippen LogP contribution is 2.22. The fourth-order valence-electron chi connectivity index (χ4n) is 4.16. The number of amides is 2. The van der Waals surface area contributed by atoms with Crippen LogP contribution in [0, 0.1) is 3.57 Å². The van der Waals surface area contributed by atoms with Gasteiger partial charge in [0.25, 0.3) is 0 Å². The van der Waals surface area contributed by atoms with Crippen molar-refractivity contribution in [3.8, 4) is 0 Å². The minimum absolute atomic E-state index is 0.114. The molecule has 0 heterocycles. The predicted molar refractivity (Wildman–Crippen MR) is 151 cm³/mol. The Hall–Kier alpha value is -1.66. The molecule has 2 aromatic rings. The molecule has 0 saturated heterocycles. The van der Waals surface area contributed by atoms with Gasteiger partial charge in [-0.1, -0.05) is 47.3 Å². The summed E-state index contributed by atoms with van der Waals surface area (Å²) in [5, 5.41) is 3.10. The number of benzene rings is 2. The number of nitrogens with zero attached hydrogens (tertiary/aromatic N) is 2. The van der Waals surface area contributed by atoms with Crippen LogP contribution < -0.4 is 9.62 Å². The number of rotatable bonds is 9. The summed E-state index contributed by atoms with van der Waals surface area (Å²) in [4.78, 5) is 28.2. The van der Waals surface area contributed by atoms with Crippen LogP contribution in [0.15, 0.2) is 53.0 Å². The average molecular weight is 676 g/mol. The smallest absolute Gasteiger partial charge is 0.244 e. The average Bonchev–Trinajstić information content (AvgIpc) is 2.82. The lowest BCUT2D eigenvalue weighted by atomic mass is 9.95. The van der Waals surface area contributed by atoms with E-state index in [1.807, 2.05) is 24.3 Å². The molecular formula is C25H31BrIN3O4S. The Labute approximate surface area is 230 Å². The van der Waals surface area contributed by atoms with E-state index < -0.39 is 28.5 Å². The summed E-state index contributed by atoms with van der Waals surface area (Å²) in [7, 11) is -3.73. The maximum absolute atomic E-state index is 13.6. The highest BCUT2D eigenvalue weighted by Gasteiger charge is 2.31. The molecule has 0 unspecified atom stereocenters. The van der Waals surface area contributed by atoms with Crippen molar-refractivity contribution in [2.45, 2.75) is 57.7 Å². The zero-order valence-electron chi connectivity index (χ0n) is 19.9. The number of carbonyl (C=O) groups excluding carboxylic acids is 2. The van der Waals surface area contributed by atoms with Gasteiger partial charge in [-0.05, 0) is 84.3 Å². The van der Waals surface area contributed by atoms with Gasteiger partial charge in [-0.25, -0.2) is 8.42 Å². The number of hydrogen-bond acceptors (Lipinski definition) is 4. The van der Waals surface area contributed by atoms with Crippen LogP contribution >= 0.6 is 38.5 Å². The summed E-state index contributed by atoms with van der Waals surface area (Å²) in [5.74, 6) is -0.661. The number of anilines is 1. The van der Waals surface area contributed by atoms with Crippen molar-refractivity contribution in [3.05, 3.63) is 62.1 Å². The molecule has 3 rings (SSSR count). The summed E-state index contributed by atoms with van der Waals surface area (Å²) in [6.07, 6.45) is 6.30. The highest BCUT2D eigenvalue weighted by atomic mass is 127. The second-order valence-corrected chi connectivity index (χ2v) is 13.0. The van der Waals surface area contributed by atoms with E-state index in [0.29, 0.717) is 5.69 Å². The van der Waals surface area contributed by atoms with Crippen LogP contribution in [-0.2, 0) is 26.2 Å². The standard InChI is InChI=1S/C25H31BrIN3O4S/c1-18(25(32)28-22-6-4-3-5-7-22)29(16-19-8-10-20(26)11-9-19)24(31)17-30(35(2,33)34)23-14-12-21(27)13-15-23/h8-15,18,22H,3-7,16-17H2,1-2H3,(H,28,32)/t18-/m1/s1. The van der Waals surface area contributed by atoms with E-state index in [-0.39, 0.29) is 18.5 Å². The molecule has 10 heteroatoms. The van der Waals surface area contributed by atoms with Crippen molar-refractivity contribution < 1.29 is 18.0 Å². The number of sulfonamides is 1. The molecule has 2 amide bonds. The molecule has 0 aromatic heterocycles. The summed E-state index contributed by atoms with van der Waals surface area (Å²) < 4.78 is 28.2. The second kappa shape index (κ2) is 12.5. The lowest BCUT2D eigenvalue weighted by Crippen LogP contribution is -2.52. The lowest BCUT2D eigenvalue weighted by Gasteiger charge is -2.33. The minimum atomic E-state index is -3.73. The van der Waals surface area contributed by atoms with Crippen molar-refractivity contribution in [1.82, 2.24) is 10.2 Å². The van der Waals surface area contributed by atoms with E-state index in [0.717, 1.165) is 49.9 Å². The monoisotopic (exact) mass is 675 g/mol.